The van der Waals surface area contributed by atoms with Crippen molar-refractivity contribution in [1.29, 1.82) is 0 Å². The number of aromatic nitrogens is 1. The van der Waals surface area contributed by atoms with Gasteiger partial charge in [-0.25, -0.2) is 0 Å². The molecule has 1 aliphatic rings. The Balaban J connectivity index is 1.40. The lowest BCUT2D eigenvalue weighted by Crippen LogP contribution is -2.39. The molecule has 0 N–H and O–H groups in total. The number of aryl methyl sites for hydroxylation is 1. The number of carbonyl (C=O) groups excluding carboxylic acids is 1. The summed E-state index contributed by atoms with van der Waals surface area (Å²) in [6.45, 7) is 1.61. The van der Waals surface area contributed by atoms with Crippen LogP contribution in [-0.4, -0.2) is 42.7 Å². The van der Waals surface area contributed by atoms with Crippen LogP contribution in [-0.2, 0) is 18.3 Å². The number of rotatable bonds is 5. The van der Waals surface area contributed by atoms with Gasteiger partial charge in [0.1, 0.15) is 0 Å². The standard InChI is InChI=1S/C24H28N2O3/c1-25-20-7-5-4-6-19(20)16-21(25)18-10-12-26(13-11-18)24(27)15-17-8-9-22(28-2)23(14-17)29-3/h4-9,14,16,18H,10-13,15H2,1-3H3. The summed E-state index contributed by atoms with van der Waals surface area (Å²) in [6, 6.07) is 16.5. The van der Waals surface area contributed by atoms with Gasteiger partial charge in [-0.1, -0.05) is 24.3 Å². The van der Waals surface area contributed by atoms with E-state index in [0.717, 1.165) is 31.5 Å². The fourth-order valence-electron chi connectivity index (χ4n) is 4.40. The largest absolute Gasteiger partial charge is 0.493 e. The van der Waals surface area contributed by atoms with Crippen molar-refractivity contribution in [1.82, 2.24) is 9.47 Å². The highest BCUT2D eigenvalue weighted by Crippen LogP contribution is 2.32. The van der Waals surface area contributed by atoms with Gasteiger partial charge >= 0.3 is 0 Å². The zero-order valence-electron chi connectivity index (χ0n) is 17.4. The molecule has 1 aromatic heterocycles. The van der Waals surface area contributed by atoms with Crippen molar-refractivity contribution >= 4 is 16.8 Å². The number of para-hydroxylation sites is 1. The summed E-state index contributed by atoms with van der Waals surface area (Å²) in [5.74, 6) is 2.01. The van der Waals surface area contributed by atoms with Crippen molar-refractivity contribution in [3.8, 4) is 11.5 Å². The van der Waals surface area contributed by atoms with Crippen LogP contribution in [0.5, 0.6) is 11.5 Å². The maximum atomic E-state index is 12.8. The van der Waals surface area contributed by atoms with Gasteiger partial charge in [-0.2, -0.15) is 0 Å². The second-order valence-corrected chi connectivity index (χ2v) is 7.71. The second kappa shape index (κ2) is 8.19. The molecule has 2 heterocycles. The second-order valence-electron chi connectivity index (χ2n) is 7.71. The third kappa shape index (κ3) is 3.82. The molecular formula is C24H28N2O3. The van der Waals surface area contributed by atoms with Crippen LogP contribution in [0.2, 0.25) is 0 Å². The first kappa shape index (κ1) is 19.4. The molecule has 0 aliphatic carbocycles. The first-order valence-electron chi connectivity index (χ1n) is 10.1. The molecule has 1 fully saturated rings. The molecule has 0 bridgehead atoms. The van der Waals surface area contributed by atoms with Gasteiger partial charge in [0, 0.05) is 37.3 Å². The van der Waals surface area contributed by atoms with Crippen LogP contribution < -0.4 is 9.47 Å². The van der Waals surface area contributed by atoms with E-state index in [1.54, 1.807) is 14.2 Å². The average molecular weight is 392 g/mol. The zero-order chi connectivity index (χ0) is 20.4. The van der Waals surface area contributed by atoms with E-state index < -0.39 is 0 Å². The van der Waals surface area contributed by atoms with Gasteiger partial charge in [-0.05, 0) is 48.1 Å². The van der Waals surface area contributed by atoms with Crippen LogP contribution in [0.15, 0.2) is 48.5 Å². The molecule has 1 amide bonds. The van der Waals surface area contributed by atoms with Crippen LogP contribution >= 0.6 is 0 Å². The number of nitrogens with zero attached hydrogens (tertiary/aromatic N) is 2. The molecule has 0 atom stereocenters. The van der Waals surface area contributed by atoms with Crippen LogP contribution in [0, 0.1) is 0 Å². The predicted molar refractivity (Wildman–Crippen MR) is 115 cm³/mol. The molecule has 3 aromatic rings. The minimum atomic E-state index is 0.174. The van der Waals surface area contributed by atoms with E-state index in [2.05, 4.69) is 41.9 Å². The van der Waals surface area contributed by atoms with Gasteiger partial charge in [0.2, 0.25) is 5.91 Å². The number of carbonyl (C=O) groups is 1. The summed E-state index contributed by atoms with van der Waals surface area (Å²) in [5.41, 5.74) is 3.59. The molecule has 1 aliphatic heterocycles. The minimum absolute atomic E-state index is 0.174. The highest BCUT2D eigenvalue weighted by molar-refractivity contribution is 5.81. The molecule has 29 heavy (non-hydrogen) atoms. The number of fused-ring (bicyclic) bond motifs is 1. The topological polar surface area (TPSA) is 43.7 Å². The van der Waals surface area contributed by atoms with Crippen LogP contribution in [0.3, 0.4) is 0 Å². The van der Waals surface area contributed by atoms with Gasteiger partial charge in [0.25, 0.3) is 0 Å². The van der Waals surface area contributed by atoms with Gasteiger partial charge < -0.3 is 18.9 Å². The number of ether oxygens (including phenoxy) is 2. The highest BCUT2D eigenvalue weighted by atomic mass is 16.5. The Hall–Kier alpha value is -2.95. The Labute approximate surface area is 171 Å². The molecular weight excluding hydrogens is 364 g/mol. The van der Waals surface area contributed by atoms with E-state index in [0.29, 0.717) is 23.8 Å². The van der Waals surface area contributed by atoms with E-state index >= 15 is 0 Å². The molecule has 0 radical (unpaired) electrons. The van der Waals surface area contributed by atoms with Gasteiger partial charge in [-0.15, -0.1) is 0 Å². The predicted octanol–water partition coefficient (Wildman–Crippen LogP) is 4.14. The van der Waals surface area contributed by atoms with Crippen LogP contribution in [0.4, 0.5) is 0 Å². The fraction of sp³-hybridized carbons (Fsp3) is 0.375. The Morgan fingerprint density at radius 2 is 1.72 bits per heavy atom. The lowest BCUT2D eigenvalue weighted by atomic mass is 9.93. The molecule has 0 spiro atoms. The van der Waals surface area contributed by atoms with Crippen molar-refractivity contribution in [3.05, 3.63) is 59.8 Å². The molecule has 0 unspecified atom stereocenters. The SMILES string of the molecule is COc1ccc(CC(=O)N2CCC(c3cc4ccccc4n3C)CC2)cc1OC. The lowest BCUT2D eigenvalue weighted by Gasteiger charge is -2.32. The van der Waals surface area contributed by atoms with Crippen LogP contribution in [0.25, 0.3) is 10.9 Å². The highest BCUT2D eigenvalue weighted by Gasteiger charge is 2.26. The summed E-state index contributed by atoms with van der Waals surface area (Å²) >= 11 is 0. The van der Waals surface area contributed by atoms with Crippen molar-refractivity contribution in [2.24, 2.45) is 7.05 Å². The number of piperidine rings is 1. The average Bonchev–Trinajstić information content (AvgIpc) is 3.10. The van der Waals surface area contributed by atoms with Gasteiger partial charge in [-0.3, -0.25) is 4.79 Å². The summed E-state index contributed by atoms with van der Waals surface area (Å²) in [6.07, 6.45) is 2.39. The molecule has 1 saturated heterocycles. The maximum Gasteiger partial charge on any atom is 0.226 e. The summed E-state index contributed by atoms with van der Waals surface area (Å²) in [4.78, 5) is 14.8. The third-order valence-corrected chi connectivity index (χ3v) is 6.06. The van der Waals surface area contributed by atoms with Crippen molar-refractivity contribution < 1.29 is 14.3 Å². The number of hydrogen-bond acceptors (Lipinski definition) is 3. The summed E-state index contributed by atoms with van der Waals surface area (Å²) in [5, 5.41) is 1.29. The smallest absolute Gasteiger partial charge is 0.226 e. The van der Waals surface area contributed by atoms with E-state index in [1.165, 1.54) is 16.6 Å². The van der Waals surface area contributed by atoms with Crippen molar-refractivity contribution in [2.75, 3.05) is 27.3 Å². The Morgan fingerprint density at radius 1 is 1.00 bits per heavy atom. The first-order valence-corrected chi connectivity index (χ1v) is 10.1. The van der Waals surface area contributed by atoms with E-state index in [1.807, 2.05) is 23.1 Å². The lowest BCUT2D eigenvalue weighted by molar-refractivity contribution is -0.131. The third-order valence-electron chi connectivity index (χ3n) is 6.06. The monoisotopic (exact) mass is 392 g/mol. The fourth-order valence-corrected chi connectivity index (χ4v) is 4.40. The molecule has 2 aromatic carbocycles. The minimum Gasteiger partial charge on any atom is -0.493 e. The number of methoxy groups -OCH3 is 2. The Bertz CT molecular complexity index is 1020. The number of likely N-dealkylation sites (tertiary alicyclic amines) is 1. The zero-order valence-corrected chi connectivity index (χ0v) is 17.4. The van der Waals surface area contributed by atoms with Gasteiger partial charge in [0.15, 0.2) is 11.5 Å². The molecule has 5 nitrogen and oxygen atoms in total. The number of benzene rings is 2. The molecule has 0 saturated carbocycles. The van der Waals surface area contributed by atoms with Gasteiger partial charge in [0.05, 0.1) is 20.6 Å². The maximum absolute atomic E-state index is 12.8. The summed E-state index contributed by atoms with van der Waals surface area (Å²) in [7, 11) is 5.37. The number of amides is 1. The van der Waals surface area contributed by atoms with Crippen molar-refractivity contribution in [3.63, 3.8) is 0 Å². The quantitative estimate of drug-likeness (QED) is 0.655. The summed E-state index contributed by atoms with van der Waals surface area (Å²) < 4.78 is 12.9. The molecule has 4 rings (SSSR count). The normalized spacial score (nSPS) is 14.9. The van der Waals surface area contributed by atoms with Crippen molar-refractivity contribution in [2.45, 2.75) is 25.2 Å². The van der Waals surface area contributed by atoms with E-state index in [4.69, 9.17) is 9.47 Å². The Kier molecular flexibility index (Phi) is 5.47. The van der Waals surface area contributed by atoms with E-state index in [-0.39, 0.29) is 5.91 Å². The van der Waals surface area contributed by atoms with Crippen LogP contribution in [0.1, 0.15) is 30.0 Å². The molecule has 5 heteroatoms. The van der Waals surface area contributed by atoms with E-state index in [9.17, 15) is 4.79 Å². The molecule has 152 valence electrons. The Morgan fingerprint density at radius 3 is 2.41 bits per heavy atom. The first-order chi connectivity index (χ1) is 14.1. The number of hydrogen-bond donors (Lipinski definition) is 0.